The Balaban J connectivity index is 2.29. The predicted molar refractivity (Wildman–Crippen MR) is 63.5 cm³/mol. The minimum atomic E-state index is -0.321. The summed E-state index contributed by atoms with van der Waals surface area (Å²) < 4.78 is 15.7. The summed E-state index contributed by atoms with van der Waals surface area (Å²) in [5, 5.41) is 4.30. The van der Waals surface area contributed by atoms with Crippen LogP contribution in [0.1, 0.15) is 5.56 Å². The van der Waals surface area contributed by atoms with E-state index in [1.165, 1.54) is 0 Å². The lowest BCUT2D eigenvalue weighted by atomic mass is 10.00. The van der Waals surface area contributed by atoms with E-state index in [-0.39, 0.29) is 10.8 Å². The molecule has 2 aromatic rings. The Labute approximate surface area is 98.0 Å². The lowest BCUT2D eigenvalue weighted by molar-refractivity contribution is 0.469. The molecule has 0 radical (unpaired) electrons. The molecule has 0 bridgehead atoms. The molecule has 4 heteroatoms. The fourth-order valence-corrected chi connectivity index (χ4v) is 2.70. The quantitative estimate of drug-likeness (QED) is 0.808. The molecular weight excluding hydrogens is 227 g/mol. The lowest BCUT2D eigenvalue weighted by Gasteiger charge is -2.24. The molecule has 0 amide bonds. The van der Waals surface area contributed by atoms with Crippen LogP contribution in [0.5, 0.6) is 0 Å². The van der Waals surface area contributed by atoms with Gasteiger partial charge in [-0.1, -0.05) is 11.6 Å². The van der Waals surface area contributed by atoms with Gasteiger partial charge in [-0.2, -0.15) is 0 Å². The fourth-order valence-electron chi connectivity index (χ4n) is 2.49. The Kier molecular flexibility index (Phi) is 2.19. The molecule has 84 valence electrons. The highest BCUT2D eigenvalue weighted by atomic mass is 35.5. The van der Waals surface area contributed by atoms with Gasteiger partial charge in [0, 0.05) is 24.2 Å². The first kappa shape index (κ1) is 10.1. The molecule has 1 aromatic carbocycles. The molecular formula is C12H12ClFN2. The molecule has 1 aromatic heterocycles. The van der Waals surface area contributed by atoms with Crippen molar-refractivity contribution in [2.24, 2.45) is 0 Å². The summed E-state index contributed by atoms with van der Waals surface area (Å²) in [7, 11) is 1.93. The molecule has 16 heavy (non-hydrogen) atoms. The van der Waals surface area contributed by atoms with Crippen molar-refractivity contribution in [1.29, 1.82) is 0 Å². The first-order valence-electron chi connectivity index (χ1n) is 5.33. The summed E-state index contributed by atoms with van der Waals surface area (Å²) >= 11 is 5.96. The highest BCUT2D eigenvalue weighted by Gasteiger charge is 2.22. The zero-order valence-electron chi connectivity index (χ0n) is 8.93. The average Bonchev–Trinajstić information content (AvgIpc) is 2.70. The lowest BCUT2D eigenvalue weighted by Crippen LogP contribution is -2.34. The molecule has 0 fully saturated rings. The second-order valence-corrected chi connectivity index (χ2v) is 4.63. The van der Waals surface area contributed by atoms with Crippen LogP contribution in [-0.4, -0.2) is 17.7 Å². The Morgan fingerprint density at radius 2 is 2.38 bits per heavy atom. The normalized spacial score (nSPS) is 19.3. The molecule has 0 saturated carbocycles. The van der Waals surface area contributed by atoms with Crippen molar-refractivity contribution in [2.75, 3.05) is 7.05 Å². The van der Waals surface area contributed by atoms with Crippen LogP contribution in [0, 0.1) is 5.82 Å². The van der Waals surface area contributed by atoms with Gasteiger partial charge in [0.05, 0.1) is 10.5 Å². The minimum Gasteiger partial charge on any atom is -0.346 e. The van der Waals surface area contributed by atoms with Gasteiger partial charge in [0.2, 0.25) is 0 Å². The predicted octanol–water partition coefficient (Wildman–Crippen LogP) is 2.58. The number of hydrogen-bond acceptors (Lipinski definition) is 1. The monoisotopic (exact) mass is 238 g/mol. The van der Waals surface area contributed by atoms with Crippen LogP contribution in [0.4, 0.5) is 4.39 Å². The molecule has 1 aliphatic rings. The molecule has 0 unspecified atom stereocenters. The summed E-state index contributed by atoms with van der Waals surface area (Å²) in [6.45, 7) is 0.912. The third kappa shape index (κ3) is 1.28. The number of rotatable bonds is 1. The molecule has 1 atom stereocenters. The Morgan fingerprint density at radius 1 is 1.56 bits per heavy atom. The molecule has 1 N–H and O–H groups in total. The number of nitrogens with zero attached hydrogens (tertiary/aromatic N) is 1. The molecule has 0 aliphatic carbocycles. The van der Waals surface area contributed by atoms with E-state index >= 15 is 0 Å². The maximum Gasteiger partial charge on any atom is 0.142 e. The van der Waals surface area contributed by atoms with Gasteiger partial charge in [0.25, 0.3) is 0 Å². The molecule has 0 spiro atoms. The van der Waals surface area contributed by atoms with Gasteiger partial charge in [-0.3, -0.25) is 0 Å². The fraction of sp³-hybridized carbons (Fsp3) is 0.333. The summed E-state index contributed by atoms with van der Waals surface area (Å²) in [5.74, 6) is -0.321. The first-order valence-corrected chi connectivity index (χ1v) is 5.71. The van der Waals surface area contributed by atoms with E-state index < -0.39 is 0 Å². The largest absolute Gasteiger partial charge is 0.346 e. The van der Waals surface area contributed by atoms with E-state index in [9.17, 15) is 4.39 Å². The van der Waals surface area contributed by atoms with Crippen molar-refractivity contribution in [2.45, 2.75) is 19.0 Å². The van der Waals surface area contributed by atoms with E-state index in [1.807, 2.05) is 19.3 Å². The standard InChI is InChI=1S/C12H12ClFN2/c1-15-8-4-7-5-10(14)11(13)9-2-3-16(6-8)12(7)9/h2-3,5,8,15H,4,6H2,1H3/t8-/m1/s1. The highest BCUT2D eigenvalue weighted by Crippen LogP contribution is 2.33. The summed E-state index contributed by atoms with van der Waals surface area (Å²) in [6.07, 6.45) is 2.83. The third-order valence-corrected chi connectivity index (χ3v) is 3.69. The van der Waals surface area contributed by atoms with Crippen LogP contribution in [0.3, 0.4) is 0 Å². The second-order valence-electron chi connectivity index (χ2n) is 4.25. The number of nitrogens with one attached hydrogen (secondary N) is 1. The third-order valence-electron chi connectivity index (χ3n) is 3.31. The van der Waals surface area contributed by atoms with Crippen LogP contribution in [0.25, 0.3) is 10.9 Å². The van der Waals surface area contributed by atoms with E-state index in [4.69, 9.17) is 11.6 Å². The van der Waals surface area contributed by atoms with Crippen LogP contribution in [0.2, 0.25) is 5.02 Å². The van der Waals surface area contributed by atoms with E-state index in [2.05, 4.69) is 9.88 Å². The van der Waals surface area contributed by atoms with Gasteiger partial charge in [-0.15, -0.1) is 0 Å². The SMILES string of the molecule is CN[C@@H]1Cc2cc(F)c(Cl)c3ccn(c23)C1. The topological polar surface area (TPSA) is 17.0 Å². The number of benzene rings is 1. The Bertz CT molecular complexity index is 562. The summed E-state index contributed by atoms with van der Waals surface area (Å²) in [6, 6.07) is 3.82. The van der Waals surface area contributed by atoms with Gasteiger partial charge < -0.3 is 9.88 Å². The van der Waals surface area contributed by atoms with Crippen LogP contribution >= 0.6 is 11.6 Å². The maximum absolute atomic E-state index is 13.6. The Morgan fingerprint density at radius 3 is 3.12 bits per heavy atom. The number of halogens is 2. The van der Waals surface area contributed by atoms with Crippen molar-refractivity contribution >= 4 is 22.5 Å². The zero-order valence-corrected chi connectivity index (χ0v) is 9.68. The molecule has 3 rings (SSSR count). The van der Waals surface area contributed by atoms with Gasteiger partial charge in [-0.05, 0) is 31.2 Å². The summed E-state index contributed by atoms with van der Waals surface area (Å²) in [4.78, 5) is 0. The molecule has 2 nitrogen and oxygen atoms in total. The van der Waals surface area contributed by atoms with Gasteiger partial charge in [0.1, 0.15) is 5.82 Å². The van der Waals surface area contributed by atoms with Gasteiger partial charge in [0.15, 0.2) is 0 Å². The smallest absolute Gasteiger partial charge is 0.142 e. The second kappa shape index (κ2) is 3.47. The van der Waals surface area contributed by atoms with Crippen LogP contribution in [0.15, 0.2) is 18.3 Å². The van der Waals surface area contributed by atoms with E-state index in [0.717, 1.165) is 29.4 Å². The highest BCUT2D eigenvalue weighted by molar-refractivity contribution is 6.35. The van der Waals surface area contributed by atoms with Crippen molar-refractivity contribution in [3.05, 3.63) is 34.7 Å². The van der Waals surface area contributed by atoms with Gasteiger partial charge in [-0.25, -0.2) is 4.39 Å². The van der Waals surface area contributed by atoms with Gasteiger partial charge >= 0.3 is 0 Å². The number of aromatic nitrogens is 1. The first-order chi connectivity index (χ1) is 7.70. The number of likely N-dealkylation sites (N-methyl/N-ethyl adjacent to an activating group) is 1. The molecule has 1 aliphatic heterocycles. The van der Waals surface area contributed by atoms with Crippen molar-refractivity contribution in [3.8, 4) is 0 Å². The van der Waals surface area contributed by atoms with Crippen molar-refractivity contribution in [1.82, 2.24) is 9.88 Å². The minimum absolute atomic E-state index is 0.236. The van der Waals surface area contributed by atoms with Crippen molar-refractivity contribution < 1.29 is 4.39 Å². The van der Waals surface area contributed by atoms with E-state index in [0.29, 0.717) is 6.04 Å². The molecule has 2 heterocycles. The van der Waals surface area contributed by atoms with Crippen LogP contribution in [-0.2, 0) is 13.0 Å². The zero-order chi connectivity index (χ0) is 11.3. The number of hydrogen-bond donors (Lipinski definition) is 1. The van der Waals surface area contributed by atoms with E-state index in [1.54, 1.807) is 6.07 Å². The Hall–Kier alpha value is -1.06. The maximum atomic E-state index is 13.6. The summed E-state index contributed by atoms with van der Waals surface area (Å²) in [5.41, 5.74) is 2.12. The van der Waals surface area contributed by atoms with Crippen LogP contribution < -0.4 is 5.32 Å². The molecule has 0 saturated heterocycles. The van der Waals surface area contributed by atoms with Crippen molar-refractivity contribution in [3.63, 3.8) is 0 Å². The average molecular weight is 239 g/mol.